The molecule has 3 atom stereocenters. The highest BCUT2D eigenvalue weighted by molar-refractivity contribution is 7.87. The highest BCUT2D eigenvalue weighted by atomic mass is 32.2. The van der Waals surface area contributed by atoms with Gasteiger partial charge in [-0.2, -0.15) is 17.4 Å². The van der Waals surface area contributed by atoms with Crippen LogP contribution in [-0.4, -0.2) is 75.4 Å². The Labute approximate surface area is 217 Å². The Morgan fingerprint density at radius 2 is 1.89 bits per heavy atom. The number of halogens is 3. The van der Waals surface area contributed by atoms with Crippen molar-refractivity contribution >= 4 is 16.1 Å². The zero-order valence-electron chi connectivity index (χ0n) is 21.5. The molecule has 0 bridgehead atoms. The van der Waals surface area contributed by atoms with Crippen molar-refractivity contribution in [2.75, 3.05) is 33.8 Å². The second-order valence-electron chi connectivity index (χ2n) is 11.0. The minimum atomic E-state index is -3.71. The van der Waals surface area contributed by atoms with E-state index in [4.69, 9.17) is 4.74 Å². The van der Waals surface area contributed by atoms with Crippen LogP contribution in [0, 0.1) is 17.7 Å². The Morgan fingerprint density at radius 1 is 1.16 bits per heavy atom. The number of nitrogens with one attached hydrogen (secondary N) is 1. The highest BCUT2D eigenvalue weighted by Crippen LogP contribution is 2.40. The molecule has 1 unspecified atom stereocenters. The van der Waals surface area contributed by atoms with Gasteiger partial charge in [0.2, 0.25) is 11.8 Å². The standard InChI is InChI=1S/C26H38F3N3O4S/c1-31(2)37(34,35)30-23-11-13-32(25(33)21-10-12-26(28,29)15-21)16-24(23)36-17-18-6-8-19(9-7-18)20-4-3-5-22(27)14-20/h3-5,14,18-19,21,23-24,30H,6-13,15-17H2,1-2H3/t18?,19?,21?,23-,24+/m0/s1. The van der Waals surface area contributed by atoms with Crippen LogP contribution in [0.3, 0.4) is 0 Å². The van der Waals surface area contributed by atoms with Crippen LogP contribution in [-0.2, 0) is 19.7 Å². The second-order valence-corrected chi connectivity index (χ2v) is 12.9. The van der Waals surface area contributed by atoms with Crippen LogP contribution in [0.5, 0.6) is 0 Å². The third kappa shape index (κ3) is 7.25. The summed E-state index contributed by atoms with van der Waals surface area (Å²) in [5, 5.41) is 0. The molecule has 1 aromatic carbocycles. The first-order valence-electron chi connectivity index (χ1n) is 13.2. The minimum Gasteiger partial charge on any atom is -0.374 e. The summed E-state index contributed by atoms with van der Waals surface area (Å²) in [6.07, 6.45) is 2.87. The van der Waals surface area contributed by atoms with Gasteiger partial charge in [-0.05, 0) is 68.1 Å². The summed E-state index contributed by atoms with van der Waals surface area (Å²) in [6.45, 7) is 0.880. The number of hydrogen-bond acceptors (Lipinski definition) is 4. The van der Waals surface area contributed by atoms with Gasteiger partial charge in [0.1, 0.15) is 5.82 Å². The van der Waals surface area contributed by atoms with Crippen LogP contribution < -0.4 is 4.72 Å². The lowest BCUT2D eigenvalue weighted by molar-refractivity contribution is -0.141. The van der Waals surface area contributed by atoms with E-state index < -0.39 is 40.6 Å². The molecule has 1 amide bonds. The molecule has 7 nitrogen and oxygen atoms in total. The van der Waals surface area contributed by atoms with E-state index in [2.05, 4.69) is 4.72 Å². The molecule has 208 valence electrons. The number of alkyl halides is 2. The van der Waals surface area contributed by atoms with Crippen molar-refractivity contribution in [3.8, 4) is 0 Å². The quantitative estimate of drug-likeness (QED) is 0.537. The lowest BCUT2D eigenvalue weighted by Gasteiger charge is -2.40. The normalized spacial score (nSPS) is 30.5. The average Bonchev–Trinajstić information content (AvgIpc) is 3.22. The Balaban J connectivity index is 1.36. The summed E-state index contributed by atoms with van der Waals surface area (Å²) in [5.74, 6) is -3.46. The highest BCUT2D eigenvalue weighted by Gasteiger charge is 2.45. The van der Waals surface area contributed by atoms with Crippen molar-refractivity contribution in [3.63, 3.8) is 0 Å². The first-order chi connectivity index (χ1) is 17.4. The monoisotopic (exact) mass is 545 g/mol. The van der Waals surface area contributed by atoms with Crippen LogP contribution >= 0.6 is 0 Å². The van der Waals surface area contributed by atoms with Crippen molar-refractivity contribution in [3.05, 3.63) is 35.6 Å². The Morgan fingerprint density at radius 3 is 2.51 bits per heavy atom. The van der Waals surface area contributed by atoms with Gasteiger partial charge in [0.15, 0.2) is 0 Å². The fourth-order valence-corrected chi connectivity index (χ4v) is 6.68. The number of amides is 1. The van der Waals surface area contributed by atoms with E-state index >= 15 is 0 Å². The maximum absolute atomic E-state index is 13.7. The number of carbonyl (C=O) groups is 1. The Bertz CT molecular complexity index is 1050. The van der Waals surface area contributed by atoms with E-state index in [1.807, 2.05) is 6.07 Å². The molecule has 1 aromatic rings. The number of piperidine rings is 1. The average molecular weight is 546 g/mol. The first kappa shape index (κ1) is 28.3. The Kier molecular flexibility index (Phi) is 8.87. The van der Waals surface area contributed by atoms with Gasteiger partial charge in [0.25, 0.3) is 10.2 Å². The Hall–Kier alpha value is -1.69. The summed E-state index contributed by atoms with van der Waals surface area (Å²) in [5.41, 5.74) is 1.01. The third-order valence-electron chi connectivity index (χ3n) is 8.12. The maximum atomic E-state index is 13.7. The van der Waals surface area contributed by atoms with Crippen molar-refractivity contribution in [2.24, 2.45) is 11.8 Å². The molecule has 0 radical (unpaired) electrons. The van der Waals surface area contributed by atoms with Crippen LogP contribution in [0.1, 0.15) is 62.8 Å². The van der Waals surface area contributed by atoms with E-state index in [-0.39, 0.29) is 37.0 Å². The van der Waals surface area contributed by atoms with Crippen LogP contribution in [0.25, 0.3) is 0 Å². The largest absolute Gasteiger partial charge is 0.374 e. The summed E-state index contributed by atoms with van der Waals surface area (Å²) < 4.78 is 76.1. The van der Waals surface area contributed by atoms with Gasteiger partial charge in [0.05, 0.1) is 12.1 Å². The van der Waals surface area contributed by atoms with E-state index in [0.29, 0.717) is 25.5 Å². The minimum absolute atomic E-state index is 0.166. The molecule has 37 heavy (non-hydrogen) atoms. The topological polar surface area (TPSA) is 79.0 Å². The van der Waals surface area contributed by atoms with Gasteiger partial charge >= 0.3 is 0 Å². The van der Waals surface area contributed by atoms with Crippen molar-refractivity contribution in [1.29, 1.82) is 0 Å². The smallest absolute Gasteiger partial charge is 0.279 e. The number of benzene rings is 1. The fourth-order valence-electron chi connectivity index (χ4n) is 5.82. The number of likely N-dealkylation sites (tertiary alicyclic amines) is 1. The summed E-state index contributed by atoms with van der Waals surface area (Å²) >= 11 is 0. The third-order valence-corrected chi connectivity index (χ3v) is 9.68. The SMILES string of the molecule is CN(C)S(=O)(=O)N[C@H]1CCN(C(=O)C2CCC(F)(F)C2)C[C@H]1OCC1CCC(c2cccc(F)c2)CC1. The molecule has 1 aliphatic heterocycles. The molecule has 2 aliphatic carbocycles. The van der Waals surface area contributed by atoms with Gasteiger partial charge in [-0.3, -0.25) is 4.79 Å². The summed E-state index contributed by atoms with van der Waals surface area (Å²) in [6, 6.07) is 6.21. The predicted octanol–water partition coefficient (Wildman–Crippen LogP) is 3.92. The summed E-state index contributed by atoms with van der Waals surface area (Å²) in [4.78, 5) is 14.6. The number of carbonyl (C=O) groups excluding carboxylic acids is 1. The molecule has 3 fully saturated rings. The van der Waals surface area contributed by atoms with Crippen LogP contribution in [0.4, 0.5) is 13.2 Å². The van der Waals surface area contributed by atoms with Crippen molar-refractivity contribution in [1.82, 2.24) is 13.9 Å². The maximum Gasteiger partial charge on any atom is 0.279 e. The number of rotatable bonds is 8. The van der Waals surface area contributed by atoms with Crippen LogP contribution in [0.15, 0.2) is 24.3 Å². The number of nitrogens with zero attached hydrogens (tertiary/aromatic N) is 2. The van der Waals surface area contributed by atoms with E-state index in [1.165, 1.54) is 20.2 Å². The van der Waals surface area contributed by atoms with Gasteiger partial charge in [-0.25, -0.2) is 13.2 Å². The molecule has 4 rings (SSSR count). The first-order valence-corrected chi connectivity index (χ1v) is 14.6. The molecule has 1 saturated heterocycles. The lowest BCUT2D eigenvalue weighted by Crippen LogP contribution is -2.58. The molecular weight excluding hydrogens is 507 g/mol. The van der Waals surface area contributed by atoms with Gasteiger partial charge in [-0.1, -0.05) is 12.1 Å². The number of hydrogen-bond donors (Lipinski definition) is 1. The molecule has 0 spiro atoms. The van der Waals surface area contributed by atoms with E-state index in [0.717, 1.165) is 35.6 Å². The number of ether oxygens (including phenoxy) is 1. The molecule has 1 heterocycles. The molecule has 11 heteroatoms. The lowest BCUT2D eigenvalue weighted by atomic mass is 9.79. The van der Waals surface area contributed by atoms with Crippen molar-refractivity contribution in [2.45, 2.75) is 75.4 Å². The zero-order chi connectivity index (χ0) is 26.8. The van der Waals surface area contributed by atoms with Crippen molar-refractivity contribution < 1.29 is 31.1 Å². The van der Waals surface area contributed by atoms with Crippen LogP contribution in [0.2, 0.25) is 0 Å². The molecule has 0 aromatic heterocycles. The van der Waals surface area contributed by atoms with Gasteiger partial charge in [0, 0.05) is 52.6 Å². The zero-order valence-corrected chi connectivity index (χ0v) is 22.4. The van der Waals surface area contributed by atoms with E-state index in [1.54, 1.807) is 17.0 Å². The molecule has 2 saturated carbocycles. The molecule has 1 N–H and O–H groups in total. The predicted molar refractivity (Wildman–Crippen MR) is 134 cm³/mol. The second kappa shape index (κ2) is 11.6. The molecule has 3 aliphatic rings. The van der Waals surface area contributed by atoms with Gasteiger partial charge < -0.3 is 9.64 Å². The van der Waals surface area contributed by atoms with E-state index in [9.17, 15) is 26.4 Å². The fraction of sp³-hybridized carbons (Fsp3) is 0.731. The summed E-state index contributed by atoms with van der Waals surface area (Å²) in [7, 11) is -0.837. The van der Waals surface area contributed by atoms with Gasteiger partial charge in [-0.15, -0.1) is 0 Å². The molecular formula is C26H38F3N3O4S.